The summed E-state index contributed by atoms with van der Waals surface area (Å²) in [5.41, 5.74) is 10.9. The van der Waals surface area contributed by atoms with Crippen molar-refractivity contribution in [3.8, 4) is 16.8 Å². The van der Waals surface area contributed by atoms with Crippen LogP contribution >= 0.6 is 0 Å². The van der Waals surface area contributed by atoms with Crippen molar-refractivity contribution in [3.05, 3.63) is 182 Å². The molecule has 10 aromatic rings. The van der Waals surface area contributed by atoms with E-state index in [1.165, 1.54) is 32.6 Å². The number of para-hydroxylation sites is 4. The maximum Gasteiger partial charge on any atom is 0.137 e. The average molecular weight is 627 g/mol. The molecule has 0 fully saturated rings. The van der Waals surface area contributed by atoms with Gasteiger partial charge in [0.1, 0.15) is 11.2 Å². The molecular weight excluding hydrogens is 597 g/mol. The largest absolute Gasteiger partial charge is 0.456 e. The van der Waals surface area contributed by atoms with Gasteiger partial charge in [-0.1, -0.05) is 109 Å². The molecule has 0 radical (unpaired) electrons. The molecule has 0 spiro atoms. The van der Waals surface area contributed by atoms with E-state index in [0.717, 1.165) is 55.8 Å². The summed E-state index contributed by atoms with van der Waals surface area (Å²) in [6.45, 7) is 0. The number of hydrogen-bond donors (Lipinski definition) is 0. The second-order valence-corrected chi connectivity index (χ2v) is 12.6. The Labute approximate surface area is 283 Å². The normalized spacial score (nSPS) is 11.7. The Bertz CT molecular complexity index is 2770. The lowest BCUT2D eigenvalue weighted by Gasteiger charge is -2.25. The number of furan rings is 1. The Morgan fingerprint density at radius 3 is 1.71 bits per heavy atom. The lowest BCUT2D eigenvalue weighted by molar-refractivity contribution is 0.669. The number of fused-ring (bicyclic) bond motifs is 8. The van der Waals surface area contributed by atoms with Gasteiger partial charge in [0.15, 0.2) is 0 Å². The Hall–Kier alpha value is -6.58. The Morgan fingerprint density at radius 2 is 0.980 bits per heavy atom. The molecule has 230 valence electrons. The molecule has 3 nitrogen and oxygen atoms in total. The van der Waals surface area contributed by atoms with E-state index >= 15 is 0 Å². The maximum absolute atomic E-state index is 6.78. The average Bonchev–Trinajstić information content (AvgIpc) is 3.71. The van der Waals surface area contributed by atoms with Crippen LogP contribution < -0.4 is 4.90 Å². The molecule has 0 aliphatic carbocycles. The van der Waals surface area contributed by atoms with Crippen molar-refractivity contribution < 1.29 is 4.42 Å². The minimum Gasteiger partial charge on any atom is -0.456 e. The van der Waals surface area contributed by atoms with Gasteiger partial charge in [-0.2, -0.15) is 0 Å². The fourth-order valence-corrected chi connectivity index (χ4v) is 7.60. The summed E-state index contributed by atoms with van der Waals surface area (Å²) < 4.78 is 9.16. The topological polar surface area (TPSA) is 21.3 Å². The van der Waals surface area contributed by atoms with Crippen LogP contribution in [0.25, 0.3) is 71.3 Å². The highest BCUT2D eigenvalue weighted by Gasteiger charge is 2.19. The van der Waals surface area contributed by atoms with Crippen LogP contribution in [0.4, 0.5) is 17.1 Å². The van der Waals surface area contributed by atoms with E-state index < -0.39 is 0 Å². The molecule has 2 heterocycles. The zero-order chi connectivity index (χ0) is 32.3. The lowest BCUT2D eigenvalue weighted by Crippen LogP contribution is -2.09. The first-order valence-electron chi connectivity index (χ1n) is 16.7. The lowest BCUT2D eigenvalue weighted by atomic mass is 9.94. The third-order valence-electron chi connectivity index (χ3n) is 9.75. The minimum atomic E-state index is 0.867. The first-order chi connectivity index (χ1) is 24.3. The second kappa shape index (κ2) is 11.0. The molecule has 0 atom stereocenters. The smallest absolute Gasteiger partial charge is 0.137 e. The molecule has 0 saturated carbocycles. The second-order valence-electron chi connectivity index (χ2n) is 12.6. The number of benzene rings is 8. The summed E-state index contributed by atoms with van der Waals surface area (Å²) in [5, 5.41) is 7.15. The summed E-state index contributed by atoms with van der Waals surface area (Å²) >= 11 is 0. The van der Waals surface area contributed by atoms with Crippen molar-refractivity contribution in [3.63, 3.8) is 0 Å². The summed E-state index contributed by atoms with van der Waals surface area (Å²) in [6, 6.07) is 64.7. The molecule has 0 bridgehead atoms. The number of hydrogen-bond acceptors (Lipinski definition) is 2. The van der Waals surface area contributed by atoms with Gasteiger partial charge in [-0.05, 0) is 88.6 Å². The Balaban J connectivity index is 1.19. The van der Waals surface area contributed by atoms with Gasteiger partial charge in [-0.25, -0.2) is 0 Å². The highest BCUT2D eigenvalue weighted by Crippen LogP contribution is 2.44. The van der Waals surface area contributed by atoms with Crippen LogP contribution in [0.5, 0.6) is 0 Å². The van der Waals surface area contributed by atoms with Crippen molar-refractivity contribution in [1.29, 1.82) is 0 Å². The van der Waals surface area contributed by atoms with Gasteiger partial charge in [-0.3, -0.25) is 0 Å². The van der Waals surface area contributed by atoms with Gasteiger partial charge in [0, 0.05) is 50.4 Å². The summed E-state index contributed by atoms with van der Waals surface area (Å²) in [7, 11) is 0. The molecule has 0 unspecified atom stereocenters. The van der Waals surface area contributed by atoms with Gasteiger partial charge < -0.3 is 13.9 Å². The van der Waals surface area contributed by atoms with E-state index in [0.29, 0.717) is 0 Å². The number of nitrogens with zero attached hydrogens (tertiary/aromatic N) is 2. The number of anilines is 3. The van der Waals surface area contributed by atoms with E-state index in [9.17, 15) is 0 Å². The molecule has 2 aromatic heterocycles. The van der Waals surface area contributed by atoms with Crippen LogP contribution in [0.15, 0.2) is 186 Å². The zero-order valence-corrected chi connectivity index (χ0v) is 26.6. The SMILES string of the molecule is c1ccc(N(c2ccccc2)c2ccc3c(c2)oc2cc(-c4ccc5c6ccccc6n(-c6ccccc6)c5c4)c4ccccc4c23)cc1. The van der Waals surface area contributed by atoms with E-state index in [2.05, 4.69) is 191 Å². The highest BCUT2D eigenvalue weighted by molar-refractivity contribution is 6.22. The first-order valence-corrected chi connectivity index (χ1v) is 16.7. The highest BCUT2D eigenvalue weighted by atomic mass is 16.3. The number of rotatable bonds is 5. The van der Waals surface area contributed by atoms with Crippen molar-refractivity contribution >= 4 is 71.6 Å². The minimum absolute atomic E-state index is 0.867. The van der Waals surface area contributed by atoms with Gasteiger partial charge in [-0.15, -0.1) is 0 Å². The fourth-order valence-electron chi connectivity index (χ4n) is 7.60. The molecule has 0 aliphatic rings. The third-order valence-corrected chi connectivity index (χ3v) is 9.75. The van der Waals surface area contributed by atoms with E-state index in [4.69, 9.17) is 4.42 Å². The van der Waals surface area contributed by atoms with Gasteiger partial charge in [0.2, 0.25) is 0 Å². The molecule has 3 heteroatoms. The van der Waals surface area contributed by atoms with Crippen LogP contribution in [0, 0.1) is 0 Å². The molecule has 0 amide bonds. The maximum atomic E-state index is 6.78. The van der Waals surface area contributed by atoms with Crippen LogP contribution in [-0.2, 0) is 0 Å². The third kappa shape index (κ3) is 4.37. The molecule has 0 saturated heterocycles. The van der Waals surface area contributed by atoms with Crippen LogP contribution in [-0.4, -0.2) is 4.57 Å². The molecule has 8 aromatic carbocycles. The van der Waals surface area contributed by atoms with Gasteiger partial charge in [0.25, 0.3) is 0 Å². The van der Waals surface area contributed by atoms with Crippen LogP contribution in [0.3, 0.4) is 0 Å². The van der Waals surface area contributed by atoms with Crippen LogP contribution in [0.2, 0.25) is 0 Å². The van der Waals surface area contributed by atoms with Gasteiger partial charge >= 0.3 is 0 Å². The Kier molecular flexibility index (Phi) is 6.18. The molecule has 0 aliphatic heterocycles. The molecule has 49 heavy (non-hydrogen) atoms. The molecular formula is C46H30N2O. The van der Waals surface area contributed by atoms with Crippen LogP contribution in [0.1, 0.15) is 0 Å². The van der Waals surface area contributed by atoms with E-state index in [1.54, 1.807) is 0 Å². The van der Waals surface area contributed by atoms with Crippen molar-refractivity contribution in [1.82, 2.24) is 4.57 Å². The van der Waals surface area contributed by atoms with Crippen molar-refractivity contribution in [2.24, 2.45) is 0 Å². The predicted octanol–water partition coefficient (Wildman–Crippen LogP) is 13.0. The number of aromatic nitrogens is 1. The van der Waals surface area contributed by atoms with Crippen molar-refractivity contribution in [2.75, 3.05) is 4.90 Å². The first kappa shape index (κ1) is 27.5. The fraction of sp³-hybridized carbons (Fsp3) is 0. The van der Waals surface area contributed by atoms with E-state index in [1.807, 2.05) is 0 Å². The van der Waals surface area contributed by atoms with E-state index in [-0.39, 0.29) is 0 Å². The quantitative estimate of drug-likeness (QED) is 0.190. The molecule has 10 rings (SSSR count). The molecule has 0 N–H and O–H groups in total. The summed E-state index contributed by atoms with van der Waals surface area (Å²) in [5.74, 6) is 0. The zero-order valence-electron chi connectivity index (χ0n) is 26.6. The summed E-state index contributed by atoms with van der Waals surface area (Å²) in [4.78, 5) is 2.28. The Morgan fingerprint density at radius 1 is 0.388 bits per heavy atom. The predicted molar refractivity (Wildman–Crippen MR) is 206 cm³/mol. The summed E-state index contributed by atoms with van der Waals surface area (Å²) in [6.07, 6.45) is 0. The monoisotopic (exact) mass is 626 g/mol. The van der Waals surface area contributed by atoms with Gasteiger partial charge in [0.05, 0.1) is 11.0 Å². The standard InChI is InChI=1S/C46H30N2O/c1-4-14-32(15-5-1)47(33-16-6-2-7-17-33)35-25-27-40-44(29-35)49-45-30-41(36-20-10-11-22-39(36)46(40)45)31-24-26-38-37-21-12-13-23-42(37)48(43(38)28-31)34-18-8-3-9-19-34/h1-30H. The van der Waals surface area contributed by atoms with Crippen molar-refractivity contribution in [2.45, 2.75) is 0 Å².